The number of rotatable bonds is 5. The monoisotopic (exact) mass is 409 g/mol. The lowest BCUT2D eigenvalue weighted by atomic mass is 10.1. The molecule has 0 aliphatic rings. The second-order valence-corrected chi connectivity index (χ2v) is 7.26. The smallest absolute Gasteiger partial charge is 0.363 e. The van der Waals surface area contributed by atoms with Gasteiger partial charge < -0.3 is 4.74 Å². The van der Waals surface area contributed by atoms with E-state index in [-0.39, 0.29) is 16.6 Å². The maximum absolute atomic E-state index is 11.7. The summed E-state index contributed by atoms with van der Waals surface area (Å²) in [6.07, 6.45) is 1.25. The Hall–Kier alpha value is -3.16. The van der Waals surface area contributed by atoms with Gasteiger partial charge in [0, 0.05) is 9.92 Å². The maximum atomic E-state index is 11.7. The molecule has 8 heteroatoms. The predicted octanol–water partition coefficient (Wildman–Crippen LogP) is 6.13. The van der Waals surface area contributed by atoms with Gasteiger partial charge in [-0.25, -0.2) is 4.98 Å². The van der Waals surface area contributed by atoms with Crippen LogP contribution in [0.3, 0.4) is 0 Å². The molecule has 0 unspecified atom stereocenters. The van der Waals surface area contributed by atoms with Crippen molar-refractivity contribution in [3.05, 3.63) is 88.2 Å². The molecule has 0 fully saturated rings. The third-order valence-corrected chi connectivity index (χ3v) is 5.15. The Kier molecular flexibility index (Phi) is 5.10. The molecule has 1 heterocycles. The highest BCUT2D eigenvalue weighted by Gasteiger charge is 2.25. The second-order valence-electron chi connectivity index (χ2n) is 5.76. The molecule has 6 nitrogen and oxygen atoms in total. The van der Waals surface area contributed by atoms with Crippen molar-refractivity contribution >= 4 is 39.8 Å². The fraction of sp³-hybridized carbons (Fsp3) is 0. The topological polar surface area (TPSA) is 78.2 Å². The van der Waals surface area contributed by atoms with Crippen LogP contribution in [0.2, 0.25) is 5.02 Å². The van der Waals surface area contributed by atoms with Crippen molar-refractivity contribution in [1.82, 2.24) is 9.97 Å². The largest absolute Gasteiger partial charge is 0.434 e. The summed E-state index contributed by atoms with van der Waals surface area (Å²) in [6, 6.07) is 20.2. The van der Waals surface area contributed by atoms with Gasteiger partial charge in [0.2, 0.25) is 0 Å². The summed E-state index contributed by atoms with van der Waals surface area (Å²) in [5, 5.41) is 14.5. The lowest BCUT2D eigenvalue weighted by Crippen LogP contribution is -2.00. The van der Waals surface area contributed by atoms with E-state index in [4.69, 9.17) is 16.3 Å². The van der Waals surface area contributed by atoms with Crippen LogP contribution in [0.1, 0.15) is 0 Å². The van der Waals surface area contributed by atoms with Gasteiger partial charge in [0.15, 0.2) is 5.03 Å². The molecule has 1 aromatic heterocycles. The minimum absolute atomic E-state index is 0.105. The summed E-state index contributed by atoms with van der Waals surface area (Å²) < 4.78 is 5.75. The Bertz CT molecular complexity index is 1170. The number of hydrogen-bond acceptors (Lipinski definition) is 6. The average molecular weight is 410 g/mol. The number of aromatic nitrogens is 2. The Labute approximate surface area is 169 Å². The normalized spacial score (nSPS) is 10.8. The number of fused-ring (bicyclic) bond motifs is 1. The first-order chi connectivity index (χ1) is 13.6. The van der Waals surface area contributed by atoms with Gasteiger partial charge in [-0.2, -0.15) is 4.98 Å². The summed E-state index contributed by atoms with van der Waals surface area (Å²) in [5.74, 6) is 0.356. The molecule has 0 spiro atoms. The van der Waals surface area contributed by atoms with Crippen LogP contribution < -0.4 is 4.74 Å². The fourth-order valence-electron chi connectivity index (χ4n) is 2.61. The molecule has 4 rings (SSSR count). The summed E-state index contributed by atoms with van der Waals surface area (Å²) >= 11 is 7.04. The van der Waals surface area contributed by atoms with Crippen molar-refractivity contribution in [1.29, 1.82) is 0 Å². The molecule has 0 aliphatic carbocycles. The Morgan fingerprint density at radius 2 is 1.71 bits per heavy atom. The number of nitro groups is 1. The van der Waals surface area contributed by atoms with E-state index in [1.165, 1.54) is 6.33 Å². The van der Waals surface area contributed by atoms with Gasteiger partial charge in [0.25, 0.3) is 0 Å². The maximum Gasteiger partial charge on any atom is 0.363 e. The molecule has 0 bridgehead atoms. The summed E-state index contributed by atoms with van der Waals surface area (Å²) in [4.78, 5) is 20.0. The van der Waals surface area contributed by atoms with Crippen LogP contribution in [0.25, 0.3) is 10.8 Å². The third kappa shape index (κ3) is 3.90. The lowest BCUT2D eigenvalue weighted by Gasteiger charge is -2.08. The Morgan fingerprint density at radius 3 is 2.46 bits per heavy atom. The zero-order chi connectivity index (χ0) is 19.5. The van der Waals surface area contributed by atoms with Crippen LogP contribution in [0.4, 0.5) is 5.69 Å². The van der Waals surface area contributed by atoms with Crippen LogP contribution in [-0.4, -0.2) is 14.9 Å². The van der Waals surface area contributed by atoms with E-state index in [1.807, 2.05) is 36.4 Å². The van der Waals surface area contributed by atoms with E-state index in [0.717, 1.165) is 27.4 Å². The average Bonchev–Trinajstić information content (AvgIpc) is 2.69. The SMILES string of the molecule is O=[N+]([O-])c1c(Oc2ccc3ccccc3c2)ncnc1Sc1ccc(Cl)cc1. The highest BCUT2D eigenvalue weighted by atomic mass is 35.5. The standard InChI is InChI=1S/C20H12ClN3O3S/c21-15-6-9-17(10-7-15)28-20-18(24(25)26)19(22-12-23-20)27-16-8-5-13-3-1-2-4-14(13)11-16/h1-12H. The molecule has 28 heavy (non-hydrogen) atoms. The first kappa shape index (κ1) is 18.2. The van der Waals surface area contributed by atoms with Crippen LogP contribution in [-0.2, 0) is 0 Å². The molecule has 3 aromatic carbocycles. The Morgan fingerprint density at radius 1 is 0.964 bits per heavy atom. The van der Waals surface area contributed by atoms with E-state index in [9.17, 15) is 10.1 Å². The lowest BCUT2D eigenvalue weighted by molar-refractivity contribution is -0.389. The van der Waals surface area contributed by atoms with E-state index in [1.54, 1.807) is 30.3 Å². The summed E-state index contributed by atoms with van der Waals surface area (Å²) in [6.45, 7) is 0. The number of ether oxygens (including phenoxy) is 1. The number of nitrogens with zero attached hydrogens (tertiary/aromatic N) is 3. The minimum Gasteiger partial charge on any atom is -0.434 e. The first-order valence-corrected chi connectivity index (χ1v) is 9.39. The highest BCUT2D eigenvalue weighted by molar-refractivity contribution is 7.99. The van der Waals surface area contributed by atoms with E-state index >= 15 is 0 Å². The molecule has 0 atom stereocenters. The fourth-order valence-corrected chi connectivity index (χ4v) is 3.59. The molecule has 0 N–H and O–H groups in total. The molecule has 4 aromatic rings. The zero-order valence-corrected chi connectivity index (χ0v) is 15.9. The second kappa shape index (κ2) is 7.84. The van der Waals surface area contributed by atoms with Crippen LogP contribution in [0.5, 0.6) is 11.6 Å². The quantitative estimate of drug-likeness (QED) is 0.224. The van der Waals surface area contributed by atoms with Gasteiger partial charge in [-0.15, -0.1) is 0 Å². The summed E-state index contributed by atoms with van der Waals surface area (Å²) in [7, 11) is 0. The molecule has 138 valence electrons. The van der Waals surface area contributed by atoms with E-state index in [0.29, 0.717) is 10.8 Å². The molecule has 0 aliphatic heterocycles. The zero-order valence-electron chi connectivity index (χ0n) is 14.3. The van der Waals surface area contributed by atoms with Gasteiger partial charge in [0.1, 0.15) is 12.1 Å². The van der Waals surface area contributed by atoms with Gasteiger partial charge >= 0.3 is 11.6 Å². The van der Waals surface area contributed by atoms with Gasteiger partial charge in [-0.05, 0) is 47.2 Å². The van der Waals surface area contributed by atoms with Crippen molar-refractivity contribution in [2.75, 3.05) is 0 Å². The molecule has 0 saturated heterocycles. The molecule has 0 radical (unpaired) electrons. The van der Waals surface area contributed by atoms with Crippen molar-refractivity contribution < 1.29 is 9.66 Å². The number of halogens is 1. The van der Waals surface area contributed by atoms with Crippen LogP contribution in [0.15, 0.2) is 83.0 Å². The predicted molar refractivity (Wildman–Crippen MR) is 108 cm³/mol. The minimum atomic E-state index is -0.533. The highest BCUT2D eigenvalue weighted by Crippen LogP contribution is 2.39. The Balaban J connectivity index is 1.69. The van der Waals surface area contributed by atoms with E-state index < -0.39 is 4.92 Å². The van der Waals surface area contributed by atoms with Crippen LogP contribution in [0, 0.1) is 10.1 Å². The van der Waals surface area contributed by atoms with Crippen molar-refractivity contribution in [3.8, 4) is 11.6 Å². The number of hydrogen-bond donors (Lipinski definition) is 0. The molecular weight excluding hydrogens is 398 g/mol. The van der Waals surface area contributed by atoms with Crippen molar-refractivity contribution in [2.45, 2.75) is 9.92 Å². The van der Waals surface area contributed by atoms with Crippen molar-refractivity contribution in [2.24, 2.45) is 0 Å². The van der Waals surface area contributed by atoms with Gasteiger partial charge in [0.05, 0.1) is 4.92 Å². The van der Waals surface area contributed by atoms with Gasteiger partial charge in [-0.1, -0.05) is 53.7 Å². The first-order valence-electron chi connectivity index (χ1n) is 8.19. The van der Waals surface area contributed by atoms with E-state index in [2.05, 4.69) is 9.97 Å². The molecule has 0 saturated carbocycles. The summed E-state index contributed by atoms with van der Waals surface area (Å²) in [5.41, 5.74) is -0.282. The van der Waals surface area contributed by atoms with Gasteiger partial charge in [-0.3, -0.25) is 10.1 Å². The third-order valence-electron chi connectivity index (χ3n) is 3.90. The number of benzene rings is 3. The molecular formula is C20H12ClN3O3S. The van der Waals surface area contributed by atoms with Crippen molar-refractivity contribution in [3.63, 3.8) is 0 Å². The molecule has 0 amide bonds. The van der Waals surface area contributed by atoms with Crippen LogP contribution >= 0.6 is 23.4 Å².